The van der Waals surface area contributed by atoms with Gasteiger partial charge in [-0.15, -0.1) is 0 Å². The van der Waals surface area contributed by atoms with Crippen molar-refractivity contribution in [1.82, 2.24) is 9.97 Å². The van der Waals surface area contributed by atoms with Crippen molar-refractivity contribution >= 4 is 29.1 Å². The molecule has 2 rings (SSSR count). The molecule has 92 valence electrons. The van der Waals surface area contributed by atoms with Gasteiger partial charge in [-0.1, -0.05) is 17.7 Å². The molecule has 0 aliphatic carbocycles. The van der Waals surface area contributed by atoms with Crippen molar-refractivity contribution in [1.29, 1.82) is 0 Å². The molecule has 0 atom stereocenters. The number of aromatic carboxylic acids is 1. The molecule has 0 bridgehead atoms. The number of benzene rings is 1. The lowest BCUT2D eigenvalue weighted by Gasteiger charge is -2.08. The number of hydrogen-bond donors (Lipinski definition) is 2. The van der Waals surface area contributed by atoms with Crippen LogP contribution in [0.25, 0.3) is 0 Å². The average molecular weight is 264 g/mol. The Bertz CT molecular complexity index is 584. The van der Waals surface area contributed by atoms with Crippen molar-refractivity contribution in [3.05, 3.63) is 46.9 Å². The van der Waals surface area contributed by atoms with E-state index in [0.29, 0.717) is 0 Å². The van der Waals surface area contributed by atoms with Crippen LogP contribution < -0.4 is 5.32 Å². The zero-order valence-corrected chi connectivity index (χ0v) is 10.3. The molecular formula is C12H10ClN3O2. The molecule has 6 heteroatoms. The maximum atomic E-state index is 11.0. The predicted molar refractivity (Wildman–Crippen MR) is 68.5 cm³/mol. The van der Waals surface area contributed by atoms with E-state index in [1.54, 1.807) is 0 Å². The number of nitrogens with zero attached hydrogens (tertiary/aromatic N) is 2. The van der Waals surface area contributed by atoms with Crippen LogP contribution in [0.4, 0.5) is 11.5 Å². The first-order chi connectivity index (χ1) is 8.56. The first-order valence-corrected chi connectivity index (χ1v) is 5.53. The Morgan fingerprint density at radius 2 is 2.00 bits per heavy atom. The van der Waals surface area contributed by atoms with E-state index in [1.807, 2.05) is 31.2 Å². The quantitative estimate of drug-likeness (QED) is 0.833. The molecule has 0 aliphatic rings. The van der Waals surface area contributed by atoms with Gasteiger partial charge in [0.05, 0.1) is 0 Å². The first kappa shape index (κ1) is 12.3. The second kappa shape index (κ2) is 5.01. The van der Waals surface area contributed by atoms with Crippen molar-refractivity contribution in [3.8, 4) is 0 Å². The molecule has 0 amide bonds. The van der Waals surface area contributed by atoms with Gasteiger partial charge in [-0.05, 0) is 30.7 Å². The highest BCUT2D eigenvalue weighted by molar-refractivity contribution is 6.28. The Labute approximate surface area is 108 Å². The normalized spacial score (nSPS) is 10.1. The molecule has 18 heavy (non-hydrogen) atoms. The number of rotatable bonds is 3. The van der Waals surface area contributed by atoms with Crippen LogP contribution in [0.3, 0.4) is 0 Å². The van der Waals surface area contributed by atoms with Crippen LogP contribution in [-0.2, 0) is 0 Å². The Morgan fingerprint density at radius 3 is 2.61 bits per heavy atom. The fourth-order valence-corrected chi connectivity index (χ4v) is 1.52. The lowest BCUT2D eigenvalue weighted by Crippen LogP contribution is -2.06. The highest BCUT2D eigenvalue weighted by atomic mass is 35.5. The van der Waals surface area contributed by atoms with Crippen LogP contribution in [0.15, 0.2) is 30.5 Å². The van der Waals surface area contributed by atoms with Gasteiger partial charge < -0.3 is 10.4 Å². The number of hydrogen-bond acceptors (Lipinski definition) is 4. The third-order valence-electron chi connectivity index (χ3n) is 2.30. The Balaban J connectivity index is 2.35. The van der Waals surface area contributed by atoms with Gasteiger partial charge in [0.1, 0.15) is 11.4 Å². The lowest BCUT2D eigenvalue weighted by molar-refractivity contribution is 0.0697. The smallest absolute Gasteiger partial charge is 0.341 e. The zero-order valence-electron chi connectivity index (χ0n) is 9.51. The van der Waals surface area contributed by atoms with Crippen molar-refractivity contribution in [3.63, 3.8) is 0 Å². The Morgan fingerprint density at radius 1 is 1.33 bits per heavy atom. The van der Waals surface area contributed by atoms with Gasteiger partial charge in [0, 0.05) is 11.9 Å². The summed E-state index contributed by atoms with van der Waals surface area (Å²) in [5.74, 6) is -0.937. The summed E-state index contributed by atoms with van der Waals surface area (Å²) in [5, 5.41) is 11.9. The molecule has 1 aromatic heterocycles. The summed E-state index contributed by atoms with van der Waals surface area (Å²) in [6, 6.07) is 7.48. The summed E-state index contributed by atoms with van der Waals surface area (Å²) in [4.78, 5) is 18.5. The van der Waals surface area contributed by atoms with Crippen LogP contribution in [-0.4, -0.2) is 21.0 Å². The molecule has 2 aromatic rings. The summed E-state index contributed by atoms with van der Waals surface area (Å²) < 4.78 is 0. The minimum atomic E-state index is -1.11. The fourth-order valence-electron chi connectivity index (χ4n) is 1.39. The third kappa shape index (κ3) is 2.75. The molecular weight excluding hydrogens is 254 g/mol. The van der Waals surface area contributed by atoms with Gasteiger partial charge in [0.2, 0.25) is 5.28 Å². The van der Waals surface area contributed by atoms with Crippen molar-refractivity contribution in [2.45, 2.75) is 6.92 Å². The number of carboxylic acids is 1. The lowest BCUT2D eigenvalue weighted by atomic mass is 10.2. The molecule has 2 N–H and O–H groups in total. The van der Waals surface area contributed by atoms with Crippen LogP contribution >= 0.6 is 11.6 Å². The Kier molecular flexibility index (Phi) is 3.43. The fraction of sp³-hybridized carbons (Fsp3) is 0.0833. The van der Waals surface area contributed by atoms with Gasteiger partial charge >= 0.3 is 5.97 Å². The van der Waals surface area contributed by atoms with Crippen LogP contribution in [0, 0.1) is 6.92 Å². The number of aromatic nitrogens is 2. The van der Waals surface area contributed by atoms with E-state index in [4.69, 9.17) is 16.7 Å². The van der Waals surface area contributed by atoms with Gasteiger partial charge in [-0.3, -0.25) is 0 Å². The van der Waals surface area contributed by atoms with E-state index in [9.17, 15) is 4.79 Å². The highest BCUT2D eigenvalue weighted by Crippen LogP contribution is 2.20. The number of carbonyl (C=O) groups is 1. The van der Waals surface area contributed by atoms with Crippen LogP contribution in [0.2, 0.25) is 5.28 Å². The largest absolute Gasteiger partial charge is 0.477 e. The van der Waals surface area contributed by atoms with E-state index >= 15 is 0 Å². The molecule has 0 unspecified atom stereocenters. The van der Waals surface area contributed by atoms with Gasteiger partial charge in [0.25, 0.3) is 0 Å². The second-order valence-electron chi connectivity index (χ2n) is 3.70. The summed E-state index contributed by atoms with van der Waals surface area (Å²) in [6.45, 7) is 1.97. The standard InChI is InChI=1S/C12H10ClN3O2/c1-7-2-4-8(5-3-7)15-10-9(11(17)18)6-14-12(13)16-10/h2-6H,1H3,(H,17,18)(H,14,15,16). The van der Waals surface area contributed by atoms with E-state index in [1.165, 1.54) is 6.20 Å². The highest BCUT2D eigenvalue weighted by Gasteiger charge is 2.13. The molecule has 0 aliphatic heterocycles. The minimum absolute atomic E-state index is 0.00499. The molecule has 0 saturated heterocycles. The number of nitrogens with one attached hydrogen (secondary N) is 1. The maximum Gasteiger partial charge on any atom is 0.341 e. The van der Waals surface area contributed by atoms with E-state index in [-0.39, 0.29) is 16.7 Å². The molecule has 0 fully saturated rings. The maximum absolute atomic E-state index is 11.0. The molecule has 0 saturated carbocycles. The zero-order chi connectivity index (χ0) is 13.1. The summed E-state index contributed by atoms with van der Waals surface area (Å²) in [6.07, 6.45) is 1.17. The second-order valence-corrected chi connectivity index (χ2v) is 4.04. The molecule has 1 heterocycles. The number of anilines is 2. The summed E-state index contributed by atoms with van der Waals surface area (Å²) in [7, 11) is 0. The SMILES string of the molecule is Cc1ccc(Nc2nc(Cl)ncc2C(=O)O)cc1. The monoisotopic (exact) mass is 263 g/mol. The van der Waals surface area contributed by atoms with E-state index < -0.39 is 5.97 Å². The topological polar surface area (TPSA) is 75.1 Å². The number of halogens is 1. The number of carboxylic acid groups (broad SMARTS) is 1. The van der Waals surface area contributed by atoms with Crippen LogP contribution in [0.1, 0.15) is 15.9 Å². The van der Waals surface area contributed by atoms with Crippen molar-refractivity contribution < 1.29 is 9.90 Å². The van der Waals surface area contributed by atoms with Crippen molar-refractivity contribution in [2.75, 3.05) is 5.32 Å². The van der Waals surface area contributed by atoms with Crippen LogP contribution in [0.5, 0.6) is 0 Å². The van der Waals surface area contributed by atoms with Gasteiger partial charge in [0.15, 0.2) is 0 Å². The van der Waals surface area contributed by atoms with Gasteiger partial charge in [-0.25, -0.2) is 9.78 Å². The number of aryl methyl sites for hydroxylation is 1. The third-order valence-corrected chi connectivity index (χ3v) is 2.49. The molecule has 5 nitrogen and oxygen atoms in total. The van der Waals surface area contributed by atoms with Crippen molar-refractivity contribution in [2.24, 2.45) is 0 Å². The van der Waals surface area contributed by atoms with E-state index in [0.717, 1.165) is 11.3 Å². The summed E-state index contributed by atoms with van der Waals surface area (Å²) >= 11 is 5.66. The molecule has 1 aromatic carbocycles. The first-order valence-electron chi connectivity index (χ1n) is 5.16. The Hall–Kier alpha value is -2.14. The predicted octanol–water partition coefficient (Wildman–Crippen LogP) is 2.88. The minimum Gasteiger partial charge on any atom is -0.477 e. The van der Waals surface area contributed by atoms with E-state index in [2.05, 4.69) is 15.3 Å². The molecule has 0 radical (unpaired) electrons. The summed E-state index contributed by atoms with van der Waals surface area (Å²) in [5.41, 5.74) is 1.82. The van der Waals surface area contributed by atoms with Gasteiger partial charge in [-0.2, -0.15) is 4.98 Å². The molecule has 0 spiro atoms. The average Bonchev–Trinajstić information content (AvgIpc) is 2.32.